The van der Waals surface area contributed by atoms with Gasteiger partial charge < -0.3 is 10.1 Å². The zero-order valence-corrected chi connectivity index (χ0v) is 12.6. The van der Waals surface area contributed by atoms with E-state index >= 15 is 0 Å². The van der Waals surface area contributed by atoms with Gasteiger partial charge in [-0.1, -0.05) is 0 Å². The van der Waals surface area contributed by atoms with Crippen molar-refractivity contribution in [3.63, 3.8) is 0 Å². The Balaban J connectivity index is 1.68. The predicted molar refractivity (Wildman–Crippen MR) is 75.6 cm³/mol. The fourth-order valence-corrected chi connectivity index (χ4v) is 3.78. The monoisotopic (exact) mass is 290 g/mol. The van der Waals surface area contributed by atoms with Crippen molar-refractivity contribution in [2.75, 3.05) is 38.6 Å². The smallest absolute Gasteiger partial charge is 0.216 e. The van der Waals surface area contributed by atoms with Gasteiger partial charge in [-0.3, -0.25) is 0 Å². The summed E-state index contributed by atoms with van der Waals surface area (Å²) in [7, 11) is -3.12. The van der Waals surface area contributed by atoms with Crippen molar-refractivity contribution >= 4 is 10.0 Å². The van der Waals surface area contributed by atoms with E-state index in [1.807, 2.05) is 6.92 Å². The molecule has 0 atom stereocenters. The standard InChI is InChI=1S/C13H26N2O3S/c1-2-18-9-10-19(16,17)15-7-5-13(6-8-15)14-11-12-3-4-12/h12-14H,2-11H2,1H3. The summed E-state index contributed by atoms with van der Waals surface area (Å²) >= 11 is 0. The van der Waals surface area contributed by atoms with Crippen LogP contribution in [0.25, 0.3) is 0 Å². The first-order chi connectivity index (χ1) is 9.12. The van der Waals surface area contributed by atoms with Gasteiger partial charge >= 0.3 is 0 Å². The Morgan fingerprint density at radius 1 is 1.21 bits per heavy atom. The quantitative estimate of drug-likeness (QED) is 0.672. The van der Waals surface area contributed by atoms with Crippen LogP contribution in [0.2, 0.25) is 0 Å². The van der Waals surface area contributed by atoms with Crippen LogP contribution in [0.15, 0.2) is 0 Å². The average molecular weight is 290 g/mol. The van der Waals surface area contributed by atoms with Crippen molar-refractivity contribution in [1.29, 1.82) is 0 Å². The third-order valence-electron chi connectivity index (χ3n) is 3.93. The number of hydrogen-bond donors (Lipinski definition) is 1. The Labute approximate surface area is 116 Å². The van der Waals surface area contributed by atoms with E-state index in [9.17, 15) is 8.42 Å². The molecule has 1 heterocycles. The van der Waals surface area contributed by atoms with Gasteiger partial charge in [0.25, 0.3) is 0 Å². The molecule has 2 fully saturated rings. The molecule has 1 aliphatic carbocycles. The van der Waals surface area contributed by atoms with Crippen molar-refractivity contribution in [3.05, 3.63) is 0 Å². The summed E-state index contributed by atoms with van der Waals surface area (Å²) in [5, 5.41) is 3.56. The minimum atomic E-state index is -3.12. The number of rotatable bonds is 8. The van der Waals surface area contributed by atoms with Crippen LogP contribution < -0.4 is 5.32 Å². The lowest BCUT2D eigenvalue weighted by atomic mass is 10.1. The normalized spacial score (nSPS) is 22.8. The molecule has 0 unspecified atom stereocenters. The highest BCUT2D eigenvalue weighted by atomic mass is 32.2. The zero-order valence-electron chi connectivity index (χ0n) is 11.8. The van der Waals surface area contributed by atoms with E-state index < -0.39 is 10.0 Å². The van der Waals surface area contributed by atoms with Crippen LogP contribution in [-0.4, -0.2) is 57.4 Å². The summed E-state index contributed by atoms with van der Waals surface area (Å²) < 4.78 is 30.9. The highest BCUT2D eigenvalue weighted by molar-refractivity contribution is 7.89. The van der Waals surface area contributed by atoms with E-state index in [0.29, 0.717) is 32.3 Å². The molecule has 0 aromatic heterocycles. The van der Waals surface area contributed by atoms with Crippen molar-refractivity contribution in [2.45, 2.75) is 38.6 Å². The first-order valence-electron chi connectivity index (χ1n) is 7.40. The van der Waals surface area contributed by atoms with E-state index in [-0.39, 0.29) is 5.75 Å². The second kappa shape index (κ2) is 7.02. The number of hydrogen-bond acceptors (Lipinski definition) is 4. The van der Waals surface area contributed by atoms with Crippen molar-refractivity contribution in [2.24, 2.45) is 5.92 Å². The van der Waals surface area contributed by atoms with Gasteiger partial charge in [-0.2, -0.15) is 0 Å². The zero-order chi connectivity index (χ0) is 13.7. The molecule has 2 aliphatic rings. The molecule has 6 heteroatoms. The van der Waals surface area contributed by atoms with Gasteiger partial charge in [0.05, 0.1) is 12.4 Å². The number of ether oxygens (including phenoxy) is 1. The number of piperidine rings is 1. The van der Waals surface area contributed by atoms with Crippen LogP contribution in [0.1, 0.15) is 32.6 Å². The SMILES string of the molecule is CCOCCS(=O)(=O)N1CCC(NCC2CC2)CC1. The van der Waals surface area contributed by atoms with E-state index in [1.54, 1.807) is 4.31 Å². The molecule has 0 radical (unpaired) electrons. The van der Waals surface area contributed by atoms with E-state index in [2.05, 4.69) is 5.32 Å². The van der Waals surface area contributed by atoms with Crippen LogP contribution in [0.4, 0.5) is 0 Å². The molecule has 5 nitrogen and oxygen atoms in total. The van der Waals surface area contributed by atoms with E-state index in [1.165, 1.54) is 12.8 Å². The van der Waals surface area contributed by atoms with Gasteiger partial charge in [0.2, 0.25) is 10.0 Å². The Morgan fingerprint density at radius 2 is 1.89 bits per heavy atom. The second-order valence-electron chi connectivity index (χ2n) is 5.54. The Kier molecular flexibility index (Phi) is 5.62. The van der Waals surface area contributed by atoms with Crippen molar-refractivity contribution < 1.29 is 13.2 Å². The van der Waals surface area contributed by atoms with Crippen LogP contribution in [0.3, 0.4) is 0 Å². The molecule has 0 aromatic carbocycles. The molecule has 1 saturated heterocycles. The molecule has 112 valence electrons. The molecule has 0 amide bonds. The summed E-state index contributed by atoms with van der Waals surface area (Å²) in [4.78, 5) is 0. The Bertz CT molecular complexity index is 360. The molecule has 0 bridgehead atoms. The maximum absolute atomic E-state index is 12.1. The number of nitrogens with zero attached hydrogens (tertiary/aromatic N) is 1. The Morgan fingerprint density at radius 3 is 2.47 bits per heavy atom. The van der Waals surface area contributed by atoms with Crippen LogP contribution in [0, 0.1) is 5.92 Å². The van der Waals surface area contributed by atoms with Crippen LogP contribution in [-0.2, 0) is 14.8 Å². The molecule has 19 heavy (non-hydrogen) atoms. The van der Waals surface area contributed by atoms with Crippen LogP contribution in [0.5, 0.6) is 0 Å². The van der Waals surface area contributed by atoms with Gasteiger partial charge in [-0.15, -0.1) is 0 Å². The minimum Gasteiger partial charge on any atom is -0.381 e. The summed E-state index contributed by atoms with van der Waals surface area (Å²) in [6.07, 6.45) is 4.58. The molecule has 1 N–H and O–H groups in total. The highest BCUT2D eigenvalue weighted by Crippen LogP contribution is 2.28. The molecular formula is C13H26N2O3S. The third-order valence-corrected chi connectivity index (χ3v) is 5.76. The highest BCUT2D eigenvalue weighted by Gasteiger charge is 2.28. The molecule has 1 saturated carbocycles. The first kappa shape index (κ1) is 15.2. The van der Waals surface area contributed by atoms with Crippen molar-refractivity contribution in [1.82, 2.24) is 9.62 Å². The lowest BCUT2D eigenvalue weighted by Crippen LogP contribution is -2.46. The minimum absolute atomic E-state index is 0.112. The summed E-state index contributed by atoms with van der Waals surface area (Å²) in [5.41, 5.74) is 0. The maximum atomic E-state index is 12.1. The molecular weight excluding hydrogens is 264 g/mol. The third kappa shape index (κ3) is 5.02. The largest absolute Gasteiger partial charge is 0.381 e. The van der Waals surface area contributed by atoms with Gasteiger partial charge in [-0.05, 0) is 45.1 Å². The lowest BCUT2D eigenvalue weighted by molar-refractivity contribution is 0.162. The fraction of sp³-hybridized carbons (Fsp3) is 1.00. The topological polar surface area (TPSA) is 58.6 Å². The fourth-order valence-electron chi connectivity index (χ4n) is 2.43. The first-order valence-corrected chi connectivity index (χ1v) is 9.01. The molecule has 0 spiro atoms. The maximum Gasteiger partial charge on any atom is 0.216 e. The summed E-state index contributed by atoms with van der Waals surface area (Å²) in [6, 6.07) is 0.499. The van der Waals surface area contributed by atoms with Gasteiger partial charge in [0.15, 0.2) is 0 Å². The van der Waals surface area contributed by atoms with Gasteiger partial charge in [0.1, 0.15) is 0 Å². The summed E-state index contributed by atoms with van der Waals surface area (Å²) in [6.45, 7) is 5.17. The van der Waals surface area contributed by atoms with E-state index in [0.717, 1.165) is 25.3 Å². The average Bonchev–Trinajstić information content (AvgIpc) is 3.21. The summed E-state index contributed by atoms with van der Waals surface area (Å²) in [5.74, 6) is 0.994. The predicted octanol–water partition coefficient (Wildman–Crippen LogP) is 0.817. The Hall–Kier alpha value is -0.170. The lowest BCUT2D eigenvalue weighted by Gasteiger charge is -2.31. The molecule has 0 aromatic rings. The second-order valence-corrected chi connectivity index (χ2v) is 7.63. The molecule has 1 aliphatic heterocycles. The van der Waals surface area contributed by atoms with Crippen LogP contribution >= 0.6 is 0 Å². The van der Waals surface area contributed by atoms with E-state index in [4.69, 9.17) is 4.74 Å². The number of nitrogens with one attached hydrogen (secondary N) is 1. The van der Waals surface area contributed by atoms with Gasteiger partial charge in [-0.25, -0.2) is 12.7 Å². The van der Waals surface area contributed by atoms with Gasteiger partial charge in [0, 0.05) is 25.7 Å². The number of sulfonamides is 1. The molecule has 2 rings (SSSR count). The van der Waals surface area contributed by atoms with Crippen molar-refractivity contribution in [3.8, 4) is 0 Å².